The highest BCUT2D eigenvalue weighted by atomic mass is 32.2. The Morgan fingerprint density at radius 1 is 1.06 bits per heavy atom. The zero-order chi connectivity index (χ0) is 25.6. The second-order valence-electron chi connectivity index (χ2n) is 6.50. The van der Waals surface area contributed by atoms with Gasteiger partial charge in [-0.05, 0) is 34.7 Å². The Hall–Kier alpha value is -4.01. The summed E-state index contributed by atoms with van der Waals surface area (Å²) in [4.78, 5) is 24.7. The number of aromatic nitrogens is 4. The standard InChI is InChI=1S/C20H18F3N5O6S/c1-31-15-8-13(18(30)33-3)14(9-16(15)32-2)24-17(29)10-35-19-25-26-27-28(19)11-4-6-12(7-5-11)34-20(21,22)23/h4-9H,10H2,1-3H3,(H,24,29). The lowest BCUT2D eigenvalue weighted by Gasteiger charge is -2.14. The van der Waals surface area contributed by atoms with Gasteiger partial charge in [0.25, 0.3) is 0 Å². The number of ether oxygens (including phenoxy) is 4. The van der Waals surface area contributed by atoms with Crippen LogP contribution < -0.4 is 19.5 Å². The number of thioether (sulfide) groups is 1. The van der Waals surface area contributed by atoms with Crippen LogP contribution in [0.1, 0.15) is 10.4 Å². The summed E-state index contributed by atoms with van der Waals surface area (Å²) in [6.07, 6.45) is -4.81. The molecule has 186 valence electrons. The first kappa shape index (κ1) is 25.6. The van der Waals surface area contributed by atoms with Gasteiger partial charge in [-0.2, -0.15) is 4.68 Å². The number of benzene rings is 2. The number of nitrogens with zero attached hydrogens (tertiary/aromatic N) is 4. The summed E-state index contributed by atoms with van der Waals surface area (Å²) in [5.41, 5.74) is 0.537. The molecule has 0 radical (unpaired) electrons. The van der Waals surface area contributed by atoms with Gasteiger partial charge < -0.3 is 24.3 Å². The Morgan fingerprint density at radius 2 is 1.71 bits per heavy atom. The van der Waals surface area contributed by atoms with Crippen LogP contribution in [-0.2, 0) is 9.53 Å². The zero-order valence-corrected chi connectivity index (χ0v) is 19.3. The molecule has 0 bridgehead atoms. The van der Waals surface area contributed by atoms with E-state index in [1.807, 2.05) is 0 Å². The van der Waals surface area contributed by atoms with Crippen LogP contribution in [0.3, 0.4) is 0 Å². The molecule has 0 saturated heterocycles. The van der Waals surface area contributed by atoms with Crippen LogP contribution in [0.2, 0.25) is 0 Å². The molecule has 0 aliphatic heterocycles. The molecule has 0 saturated carbocycles. The minimum Gasteiger partial charge on any atom is -0.493 e. The molecule has 0 aliphatic carbocycles. The highest BCUT2D eigenvalue weighted by molar-refractivity contribution is 7.99. The van der Waals surface area contributed by atoms with Crippen LogP contribution in [0, 0.1) is 0 Å². The zero-order valence-electron chi connectivity index (χ0n) is 18.5. The monoisotopic (exact) mass is 513 g/mol. The highest BCUT2D eigenvalue weighted by Gasteiger charge is 2.31. The maximum absolute atomic E-state index is 12.6. The van der Waals surface area contributed by atoms with Gasteiger partial charge >= 0.3 is 12.3 Å². The number of alkyl halides is 3. The molecule has 11 nitrogen and oxygen atoms in total. The SMILES string of the molecule is COC(=O)c1cc(OC)c(OC)cc1NC(=O)CSc1nnnn1-c1ccc(OC(F)(F)F)cc1. The number of tetrazole rings is 1. The van der Waals surface area contributed by atoms with E-state index in [1.54, 1.807) is 0 Å². The maximum Gasteiger partial charge on any atom is 0.573 e. The number of carbonyl (C=O) groups is 2. The quantitative estimate of drug-likeness (QED) is 0.337. The molecular formula is C20H18F3N5O6S. The third-order valence-electron chi connectivity index (χ3n) is 4.29. The van der Waals surface area contributed by atoms with E-state index in [2.05, 4.69) is 25.6 Å². The Morgan fingerprint density at radius 3 is 2.31 bits per heavy atom. The van der Waals surface area contributed by atoms with Crippen molar-refractivity contribution < 1.29 is 41.7 Å². The van der Waals surface area contributed by atoms with Gasteiger partial charge in [-0.25, -0.2) is 4.79 Å². The molecule has 0 spiro atoms. The molecule has 0 fully saturated rings. The van der Waals surface area contributed by atoms with Crippen LogP contribution in [-0.4, -0.2) is 65.5 Å². The molecule has 1 N–H and O–H groups in total. The van der Waals surface area contributed by atoms with Crippen molar-refractivity contribution in [2.45, 2.75) is 11.5 Å². The van der Waals surface area contributed by atoms with Crippen molar-refractivity contribution in [1.29, 1.82) is 0 Å². The lowest BCUT2D eigenvalue weighted by molar-refractivity contribution is -0.274. The summed E-state index contributed by atoms with van der Waals surface area (Å²) in [5, 5.41) is 14.0. The van der Waals surface area contributed by atoms with E-state index in [-0.39, 0.29) is 33.7 Å². The van der Waals surface area contributed by atoms with Gasteiger partial charge in [0.1, 0.15) is 5.75 Å². The molecule has 3 aromatic rings. The summed E-state index contributed by atoms with van der Waals surface area (Å²) in [6, 6.07) is 7.66. The van der Waals surface area contributed by atoms with Gasteiger partial charge in [0.05, 0.1) is 44.0 Å². The van der Waals surface area contributed by atoms with Crippen LogP contribution in [0.25, 0.3) is 5.69 Å². The summed E-state index contributed by atoms with van der Waals surface area (Å²) >= 11 is 0.959. The first-order valence-electron chi connectivity index (χ1n) is 9.56. The number of methoxy groups -OCH3 is 3. The molecule has 0 unspecified atom stereocenters. The van der Waals surface area contributed by atoms with Gasteiger partial charge in [0.15, 0.2) is 11.5 Å². The van der Waals surface area contributed by atoms with Crippen molar-refractivity contribution in [3.8, 4) is 22.9 Å². The number of hydrogen-bond acceptors (Lipinski definition) is 10. The second kappa shape index (κ2) is 10.9. The number of esters is 1. The smallest absolute Gasteiger partial charge is 0.493 e. The predicted molar refractivity (Wildman–Crippen MR) is 116 cm³/mol. The topological polar surface area (TPSA) is 127 Å². The van der Waals surface area contributed by atoms with E-state index in [4.69, 9.17) is 14.2 Å². The van der Waals surface area contributed by atoms with Gasteiger partial charge in [-0.3, -0.25) is 4.79 Å². The van der Waals surface area contributed by atoms with Gasteiger partial charge in [-0.1, -0.05) is 11.8 Å². The largest absolute Gasteiger partial charge is 0.573 e. The van der Waals surface area contributed by atoms with Crippen molar-refractivity contribution in [3.05, 3.63) is 42.0 Å². The van der Waals surface area contributed by atoms with Crippen LogP contribution in [0.5, 0.6) is 17.2 Å². The first-order valence-corrected chi connectivity index (χ1v) is 10.5. The van der Waals surface area contributed by atoms with E-state index < -0.39 is 24.0 Å². The normalized spacial score (nSPS) is 11.0. The van der Waals surface area contributed by atoms with Gasteiger partial charge in [0, 0.05) is 12.1 Å². The molecule has 2 aromatic carbocycles. The molecule has 1 amide bonds. The van der Waals surface area contributed by atoms with Crippen molar-refractivity contribution in [3.63, 3.8) is 0 Å². The minimum absolute atomic E-state index is 0.0505. The van der Waals surface area contributed by atoms with Crippen LogP contribution in [0.4, 0.5) is 18.9 Å². The van der Waals surface area contributed by atoms with Gasteiger partial charge in [0.2, 0.25) is 11.1 Å². The molecule has 15 heteroatoms. The Kier molecular flexibility index (Phi) is 8.01. The number of halogens is 3. The summed E-state index contributed by atoms with van der Waals surface area (Å²) in [5.74, 6) is -1.22. The van der Waals surface area contributed by atoms with E-state index in [1.165, 1.54) is 50.3 Å². The number of nitrogens with one attached hydrogen (secondary N) is 1. The number of carbonyl (C=O) groups excluding carboxylic acids is 2. The highest BCUT2D eigenvalue weighted by Crippen LogP contribution is 2.34. The molecule has 3 rings (SSSR count). The van der Waals surface area contributed by atoms with Gasteiger partial charge in [-0.15, -0.1) is 18.3 Å². The van der Waals surface area contributed by atoms with E-state index in [9.17, 15) is 22.8 Å². The summed E-state index contributed by atoms with van der Waals surface area (Å²) in [7, 11) is 4.00. The molecule has 0 atom stereocenters. The summed E-state index contributed by atoms with van der Waals surface area (Å²) < 4.78 is 57.2. The van der Waals surface area contributed by atoms with Crippen LogP contribution >= 0.6 is 11.8 Å². The number of amides is 1. The molecule has 1 heterocycles. The third-order valence-corrected chi connectivity index (χ3v) is 5.21. The Bertz CT molecular complexity index is 1200. The van der Waals surface area contributed by atoms with E-state index in [0.717, 1.165) is 23.9 Å². The van der Waals surface area contributed by atoms with E-state index >= 15 is 0 Å². The fourth-order valence-corrected chi connectivity index (χ4v) is 3.49. The summed E-state index contributed by atoms with van der Waals surface area (Å²) in [6.45, 7) is 0. The molecule has 0 aliphatic rings. The average Bonchev–Trinajstić information content (AvgIpc) is 3.30. The molecule has 35 heavy (non-hydrogen) atoms. The fraction of sp³-hybridized carbons (Fsp3) is 0.250. The van der Waals surface area contributed by atoms with Crippen molar-refractivity contribution in [2.24, 2.45) is 0 Å². The first-order chi connectivity index (χ1) is 16.6. The Labute approximate surface area is 200 Å². The molecule has 1 aromatic heterocycles. The number of hydrogen-bond donors (Lipinski definition) is 1. The molecular weight excluding hydrogens is 495 g/mol. The number of rotatable bonds is 9. The van der Waals surface area contributed by atoms with Crippen molar-refractivity contribution >= 4 is 29.3 Å². The predicted octanol–water partition coefficient (Wildman–Crippen LogP) is 3.10. The minimum atomic E-state index is -4.81. The van der Waals surface area contributed by atoms with E-state index in [0.29, 0.717) is 5.69 Å². The lowest BCUT2D eigenvalue weighted by atomic mass is 10.1. The third kappa shape index (κ3) is 6.53. The fourth-order valence-electron chi connectivity index (χ4n) is 2.80. The number of anilines is 1. The maximum atomic E-state index is 12.6. The van der Waals surface area contributed by atoms with Crippen molar-refractivity contribution in [2.75, 3.05) is 32.4 Å². The lowest BCUT2D eigenvalue weighted by Crippen LogP contribution is -2.18. The average molecular weight is 513 g/mol. The Balaban J connectivity index is 1.72. The van der Waals surface area contributed by atoms with Crippen molar-refractivity contribution in [1.82, 2.24) is 20.2 Å². The van der Waals surface area contributed by atoms with Crippen LogP contribution in [0.15, 0.2) is 41.6 Å². The second-order valence-corrected chi connectivity index (χ2v) is 7.44.